The average Bonchev–Trinajstić information content (AvgIpc) is 2.68. The molecular weight excluding hydrogens is 407 g/mol. The Morgan fingerprint density at radius 2 is 1.97 bits per heavy atom. The van der Waals surface area contributed by atoms with Crippen LogP contribution in [-0.2, 0) is 20.8 Å². The van der Waals surface area contributed by atoms with E-state index in [-0.39, 0.29) is 30.4 Å². The van der Waals surface area contributed by atoms with Crippen LogP contribution in [0.5, 0.6) is 5.88 Å². The first-order chi connectivity index (χ1) is 13.6. The van der Waals surface area contributed by atoms with Gasteiger partial charge in [0.15, 0.2) is 9.84 Å². The summed E-state index contributed by atoms with van der Waals surface area (Å²) in [4.78, 5) is 3.88. The second-order valence-electron chi connectivity index (χ2n) is 7.17. The molecule has 2 heterocycles. The van der Waals surface area contributed by atoms with Crippen molar-refractivity contribution in [2.75, 3.05) is 6.61 Å². The van der Waals surface area contributed by atoms with Gasteiger partial charge in [0.25, 0.3) is 0 Å². The highest BCUT2D eigenvalue weighted by molar-refractivity contribution is 7.92. The molecule has 3 rings (SSSR count). The van der Waals surface area contributed by atoms with E-state index >= 15 is 0 Å². The molecule has 1 aromatic heterocycles. The third kappa shape index (κ3) is 5.08. The van der Waals surface area contributed by atoms with Crippen molar-refractivity contribution in [2.45, 2.75) is 55.2 Å². The first kappa shape index (κ1) is 21.6. The normalized spacial score (nSPS) is 20.6. The Morgan fingerprint density at radius 3 is 2.59 bits per heavy atom. The number of hydrogen-bond acceptors (Lipinski definition) is 5. The van der Waals surface area contributed by atoms with E-state index in [4.69, 9.17) is 9.47 Å². The van der Waals surface area contributed by atoms with Gasteiger partial charge in [0.05, 0.1) is 27.9 Å². The number of hydrogen-bond donors (Lipinski definition) is 0. The van der Waals surface area contributed by atoms with Crippen molar-refractivity contribution < 1.29 is 31.1 Å². The number of rotatable bonds is 5. The zero-order chi connectivity index (χ0) is 21.2. The molecule has 1 aromatic carbocycles. The van der Waals surface area contributed by atoms with Gasteiger partial charge in [0.1, 0.15) is 0 Å². The van der Waals surface area contributed by atoms with Gasteiger partial charge in [-0.3, -0.25) is 0 Å². The van der Waals surface area contributed by atoms with E-state index in [0.29, 0.717) is 17.5 Å². The van der Waals surface area contributed by atoms with E-state index in [1.54, 1.807) is 18.3 Å². The smallest absolute Gasteiger partial charge is 0.416 e. The molecule has 0 amide bonds. The quantitative estimate of drug-likeness (QED) is 0.696. The summed E-state index contributed by atoms with van der Waals surface area (Å²) < 4.78 is 76.0. The Bertz CT molecular complexity index is 943. The topological polar surface area (TPSA) is 65.5 Å². The minimum atomic E-state index is -4.60. The van der Waals surface area contributed by atoms with E-state index < -0.39 is 32.9 Å². The Hall–Kier alpha value is -2.13. The van der Waals surface area contributed by atoms with Crippen LogP contribution in [0.15, 0.2) is 47.5 Å². The number of ether oxygens (including phenoxy) is 2. The van der Waals surface area contributed by atoms with Crippen molar-refractivity contribution in [1.82, 2.24) is 4.98 Å². The molecule has 5 nitrogen and oxygen atoms in total. The number of nitrogens with zero attached hydrogens (tertiary/aromatic N) is 1. The highest BCUT2D eigenvalue weighted by atomic mass is 32.2. The lowest BCUT2D eigenvalue weighted by atomic mass is 10.0. The molecule has 0 radical (unpaired) electrons. The third-order valence-corrected chi connectivity index (χ3v) is 6.87. The van der Waals surface area contributed by atoms with Gasteiger partial charge in [0, 0.05) is 18.9 Å². The van der Waals surface area contributed by atoms with Crippen LogP contribution in [0.3, 0.4) is 0 Å². The second-order valence-corrected chi connectivity index (χ2v) is 9.40. The standard InChI is InChI=1S/C20H22F3NO4S/c1-13(2)28-19-7-6-14(12-24-19)18-11-17(8-9-27-18)29(25,26)16-5-3-4-15(10-16)20(21,22)23/h3-7,10,12-13,17-18H,8-9,11H2,1-2H3. The summed E-state index contributed by atoms with van der Waals surface area (Å²) in [5.41, 5.74) is -0.280. The molecule has 0 aliphatic carbocycles. The van der Waals surface area contributed by atoms with E-state index in [0.717, 1.165) is 12.1 Å². The van der Waals surface area contributed by atoms with Gasteiger partial charge in [-0.15, -0.1) is 0 Å². The lowest BCUT2D eigenvalue weighted by Gasteiger charge is -2.29. The number of benzene rings is 1. The Morgan fingerprint density at radius 1 is 1.21 bits per heavy atom. The average molecular weight is 429 g/mol. The van der Waals surface area contributed by atoms with Crippen molar-refractivity contribution in [3.8, 4) is 5.88 Å². The van der Waals surface area contributed by atoms with Crippen LogP contribution in [0, 0.1) is 0 Å². The number of aromatic nitrogens is 1. The van der Waals surface area contributed by atoms with Crippen LogP contribution in [0.2, 0.25) is 0 Å². The number of pyridine rings is 1. The number of alkyl halides is 3. The fraction of sp³-hybridized carbons (Fsp3) is 0.450. The summed E-state index contributed by atoms with van der Waals surface area (Å²) in [6.07, 6.45) is -3.20. The Labute approximate surface area is 167 Å². The van der Waals surface area contributed by atoms with Gasteiger partial charge < -0.3 is 9.47 Å². The second kappa shape index (κ2) is 8.31. The van der Waals surface area contributed by atoms with Gasteiger partial charge in [-0.2, -0.15) is 13.2 Å². The Balaban J connectivity index is 1.79. The molecule has 2 atom stereocenters. The van der Waals surface area contributed by atoms with Gasteiger partial charge in [0.2, 0.25) is 5.88 Å². The monoisotopic (exact) mass is 429 g/mol. The SMILES string of the molecule is CC(C)Oc1ccc(C2CC(S(=O)(=O)c3cccc(C(F)(F)F)c3)CCO2)cn1. The van der Waals surface area contributed by atoms with Crippen LogP contribution in [-0.4, -0.2) is 31.4 Å². The molecule has 1 aliphatic rings. The van der Waals surface area contributed by atoms with Crippen LogP contribution < -0.4 is 4.74 Å². The summed E-state index contributed by atoms with van der Waals surface area (Å²) in [6, 6.07) is 7.31. The van der Waals surface area contributed by atoms with Gasteiger partial charge in [-0.1, -0.05) is 6.07 Å². The summed E-state index contributed by atoms with van der Waals surface area (Å²) >= 11 is 0. The van der Waals surface area contributed by atoms with Crippen molar-refractivity contribution in [1.29, 1.82) is 0 Å². The minimum absolute atomic E-state index is 0.0266. The zero-order valence-corrected chi connectivity index (χ0v) is 16.8. The minimum Gasteiger partial charge on any atom is -0.475 e. The van der Waals surface area contributed by atoms with Crippen molar-refractivity contribution in [2.24, 2.45) is 0 Å². The predicted molar refractivity (Wildman–Crippen MR) is 100 cm³/mol. The molecule has 1 aliphatic heterocycles. The fourth-order valence-corrected chi connectivity index (χ4v) is 4.99. The Kier molecular flexibility index (Phi) is 6.19. The molecule has 0 spiro atoms. The predicted octanol–water partition coefficient (Wildman–Crippen LogP) is 4.58. The molecule has 1 saturated heterocycles. The maximum atomic E-state index is 13.0. The number of sulfone groups is 1. The first-order valence-corrected chi connectivity index (χ1v) is 10.8. The molecule has 2 aromatic rings. The summed E-state index contributed by atoms with van der Waals surface area (Å²) in [5.74, 6) is 0.452. The van der Waals surface area contributed by atoms with Crippen LogP contribution >= 0.6 is 0 Å². The largest absolute Gasteiger partial charge is 0.475 e. The summed E-state index contributed by atoms with van der Waals surface area (Å²) in [7, 11) is -3.93. The molecule has 0 saturated carbocycles. The molecule has 0 bridgehead atoms. The maximum Gasteiger partial charge on any atom is 0.416 e. The maximum absolute atomic E-state index is 13.0. The lowest BCUT2D eigenvalue weighted by Crippen LogP contribution is -2.31. The van der Waals surface area contributed by atoms with E-state index in [2.05, 4.69) is 4.98 Å². The van der Waals surface area contributed by atoms with E-state index in [1.165, 1.54) is 6.07 Å². The highest BCUT2D eigenvalue weighted by Gasteiger charge is 2.36. The van der Waals surface area contributed by atoms with E-state index in [1.807, 2.05) is 13.8 Å². The fourth-order valence-electron chi connectivity index (χ4n) is 3.22. The molecule has 2 unspecified atom stereocenters. The van der Waals surface area contributed by atoms with Crippen molar-refractivity contribution >= 4 is 9.84 Å². The first-order valence-electron chi connectivity index (χ1n) is 9.22. The molecule has 0 N–H and O–H groups in total. The molecule has 158 valence electrons. The van der Waals surface area contributed by atoms with Crippen molar-refractivity contribution in [3.63, 3.8) is 0 Å². The molecular formula is C20H22F3NO4S. The zero-order valence-electron chi connectivity index (χ0n) is 16.0. The van der Waals surface area contributed by atoms with Gasteiger partial charge in [-0.05, 0) is 56.5 Å². The molecule has 1 fully saturated rings. The van der Waals surface area contributed by atoms with Crippen LogP contribution in [0.1, 0.15) is 43.9 Å². The lowest BCUT2D eigenvalue weighted by molar-refractivity contribution is -0.137. The highest BCUT2D eigenvalue weighted by Crippen LogP contribution is 2.36. The number of halogens is 3. The van der Waals surface area contributed by atoms with Crippen LogP contribution in [0.4, 0.5) is 13.2 Å². The molecule has 9 heteroatoms. The van der Waals surface area contributed by atoms with Crippen LogP contribution in [0.25, 0.3) is 0 Å². The summed E-state index contributed by atoms with van der Waals surface area (Å²) in [6.45, 7) is 3.95. The van der Waals surface area contributed by atoms with Gasteiger partial charge >= 0.3 is 6.18 Å². The molecule has 29 heavy (non-hydrogen) atoms. The summed E-state index contributed by atoms with van der Waals surface area (Å²) in [5, 5.41) is -0.837. The third-order valence-electron chi connectivity index (χ3n) is 4.65. The van der Waals surface area contributed by atoms with E-state index in [9.17, 15) is 21.6 Å². The van der Waals surface area contributed by atoms with Gasteiger partial charge in [-0.25, -0.2) is 13.4 Å². The van der Waals surface area contributed by atoms with Crippen molar-refractivity contribution in [3.05, 3.63) is 53.7 Å².